The number of thioether (sulfide) groups is 1. The Balaban J connectivity index is 1.49. The van der Waals surface area contributed by atoms with Gasteiger partial charge in [-0.3, -0.25) is 9.59 Å². The van der Waals surface area contributed by atoms with E-state index in [2.05, 4.69) is 15.3 Å². The first-order chi connectivity index (χ1) is 13.2. The number of imidazole rings is 1. The van der Waals surface area contributed by atoms with Gasteiger partial charge < -0.3 is 15.0 Å². The molecule has 0 unspecified atom stereocenters. The summed E-state index contributed by atoms with van der Waals surface area (Å²) in [5.74, 6) is 0.247. The summed E-state index contributed by atoms with van der Waals surface area (Å²) >= 11 is 1.62. The molecular weight excluding hydrogens is 362 g/mol. The smallest absolute Gasteiger partial charge is 0.307 e. The van der Waals surface area contributed by atoms with Gasteiger partial charge in [-0.25, -0.2) is 4.98 Å². The number of nitrogens with one attached hydrogen (secondary N) is 2. The van der Waals surface area contributed by atoms with Gasteiger partial charge in [0, 0.05) is 17.9 Å². The average Bonchev–Trinajstić information content (AvgIpc) is 3.10. The number of benzene rings is 2. The van der Waals surface area contributed by atoms with Gasteiger partial charge in [0.1, 0.15) is 0 Å². The number of hydrogen-bond donors (Lipinski definition) is 2. The predicted molar refractivity (Wildman–Crippen MR) is 106 cm³/mol. The zero-order chi connectivity index (χ0) is 19.1. The lowest BCUT2D eigenvalue weighted by Crippen LogP contribution is -2.26. The Morgan fingerprint density at radius 2 is 1.93 bits per heavy atom. The van der Waals surface area contributed by atoms with E-state index in [1.165, 1.54) is 0 Å². The third-order valence-electron chi connectivity index (χ3n) is 3.88. The van der Waals surface area contributed by atoms with E-state index in [-0.39, 0.29) is 24.8 Å². The third kappa shape index (κ3) is 5.34. The Labute approximate surface area is 161 Å². The number of aromatic nitrogens is 2. The van der Waals surface area contributed by atoms with E-state index >= 15 is 0 Å². The van der Waals surface area contributed by atoms with Gasteiger partial charge >= 0.3 is 5.97 Å². The van der Waals surface area contributed by atoms with E-state index in [9.17, 15) is 9.59 Å². The molecule has 0 aliphatic heterocycles. The van der Waals surface area contributed by atoms with Crippen LogP contribution in [0.25, 0.3) is 11.0 Å². The van der Waals surface area contributed by atoms with Crippen LogP contribution in [0.3, 0.4) is 0 Å². The van der Waals surface area contributed by atoms with Crippen molar-refractivity contribution in [1.82, 2.24) is 15.3 Å². The second-order valence-electron chi connectivity index (χ2n) is 5.86. The summed E-state index contributed by atoms with van der Waals surface area (Å²) in [7, 11) is 0. The van der Waals surface area contributed by atoms with Gasteiger partial charge in [0.05, 0.1) is 24.1 Å². The number of ether oxygens (including phenoxy) is 1. The number of fused-ring (bicyclic) bond motifs is 1. The molecule has 0 fully saturated rings. The number of aromatic amines is 1. The molecule has 140 valence electrons. The van der Waals surface area contributed by atoms with Gasteiger partial charge in [-0.05, 0) is 36.8 Å². The maximum Gasteiger partial charge on any atom is 0.307 e. The topological polar surface area (TPSA) is 84.1 Å². The molecule has 7 heteroatoms. The van der Waals surface area contributed by atoms with E-state index < -0.39 is 0 Å². The molecule has 0 radical (unpaired) electrons. The zero-order valence-corrected chi connectivity index (χ0v) is 15.8. The molecule has 0 aliphatic carbocycles. The van der Waals surface area contributed by atoms with Crippen LogP contribution in [0, 0.1) is 0 Å². The second kappa shape index (κ2) is 9.23. The van der Waals surface area contributed by atoms with Crippen LogP contribution in [0.1, 0.15) is 29.3 Å². The number of esters is 1. The normalized spacial score (nSPS) is 10.7. The van der Waals surface area contributed by atoms with Crippen LogP contribution < -0.4 is 5.32 Å². The number of rotatable bonds is 8. The third-order valence-corrected chi connectivity index (χ3v) is 4.82. The highest BCUT2D eigenvalue weighted by Gasteiger charge is 2.08. The SMILES string of the molecule is CCOC(=O)CCNC(=O)c1ccc(CSc2nc3ccccc3[nH]2)cc1. The maximum absolute atomic E-state index is 12.1. The van der Waals surface area contributed by atoms with Crippen molar-refractivity contribution in [2.24, 2.45) is 0 Å². The van der Waals surface area contributed by atoms with Crippen molar-refractivity contribution in [1.29, 1.82) is 0 Å². The molecule has 0 bridgehead atoms. The van der Waals surface area contributed by atoms with Gasteiger partial charge in [-0.2, -0.15) is 0 Å². The molecule has 3 rings (SSSR count). The van der Waals surface area contributed by atoms with E-state index in [1.54, 1.807) is 30.8 Å². The minimum atomic E-state index is -0.309. The lowest BCUT2D eigenvalue weighted by molar-refractivity contribution is -0.142. The van der Waals surface area contributed by atoms with Gasteiger partial charge in [0.2, 0.25) is 0 Å². The summed E-state index contributed by atoms with van der Waals surface area (Å²) in [4.78, 5) is 31.2. The summed E-state index contributed by atoms with van der Waals surface area (Å²) in [6, 6.07) is 15.3. The summed E-state index contributed by atoms with van der Waals surface area (Å²) in [5, 5.41) is 3.59. The first kappa shape index (κ1) is 19.0. The summed E-state index contributed by atoms with van der Waals surface area (Å²) in [6.45, 7) is 2.37. The molecule has 0 saturated carbocycles. The van der Waals surface area contributed by atoms with E-state index in [0.717, 1.165) is 27.5 Å². The maximum atomic E-state index is 12.1. The molecule has 0 spiro atoms. The van der Waals surface area contributed by atoms with Crippen LogP contribution in [0.2, 0.25) is 0 Å². The van der Waals surface area contributed by atoms with Gasteiger partial charge in [-0.1, -0.05) is 36.0 Å². The number of H-pyrrole nitrogens is 1. The summed E-state index contributed by atoms with van der Waals surface area (Å²) in [5.41, 5.74) is 3.64. The van der Waals surface area contributed by atoms with Crippen molar-refractivity contribution in [3.63, 3.8) is 0 Å². The zero-order valence-electron chi connectivity index (χ0n) is 15.0. The Hall–Kier alpha value is -2.80. The van der Waals surface area contributed by atoms with Gasteiger partial charge in [-0.15, -0.1) is 0 Å². The van der Waals surface area contributed by atoms with Gasteiger partial charge in [0.25, 0.3) is 5.91 Å². The van der Waals surface area contributed by atoms with Gasteiger partial charge in [0.15, 0.2) is 5.16 Å². The molecule has 1 aromatic heterocycles. The van der Waals surface area contributed by atoms with Crippen LogP contribution in [0.15, 0.2) is 53.7 Å². The number of carbonyl (C=O) groups is 2. The van der Waals surface area contributed by atoms with Crippen molar-refractivity contribution in [3.8, 4) is 0 Å². The highest BCUT2D eigenvalue weighted by Crippen LogP contribution is 2.23. The molecule has 1 heterocycles. The molecule has 0 saturated heterocycles. The largest absolute Gasteiger partial charge is 0.466 e. The fourth-order valence-electron chi connectivity index (χ4n) is 2.52. The first-order valence-corrected chi connectivity index (χ1v) is 9.74. The molecule has 2 aromatic carbocycles. The Morgan fingerprint density at radius 3 is 2.67 bits per heavy atom. The van der Waals surface area contributed by atoms with E-state index in [0.29, 0.717) is 12.2 Å². The van der Waals surface area contributed by atoms with E-state index in [1.807, 2.05) is 36.4 Å². The van der Waals surface area contributed by atoms with Crippen molar-refractivity contribution < 1.29 is 14.3 Å². The lowest BCUT2D eigenvalue weighted by Gasteiger charge is -2.06. The minimum absolute atomic E-state index is 0.172. The molecule has 6 nitrogen and oxygen atoms in total. The Bertz CT molecular complexity index is 889. The highest BCUT2D eigenvalue weighted by molar-refractivity contribution is 7.98. The highest BCUT2D eigenvalue weighted by atomic mass is 32.2. The molecule has 0 aliphatic rings. The quantitative estimate of drug-likeness (QED) is 0.459. The standard InChI is InChI=1S/C20H21N3O3S/c1-2-26-18(24)11-12-21-19(25)15-9-7-14(8-10-15)13-27-20-22-16-5-3-4-6-17(16)23-20/h3-10H,2,11-13H2,1H3,(H,21,25)(H,22,23). The van der Waals surface area contributed by atoms with Crippen molar-refractivity contribution in [3.05, 3.63) is 59.7 Å². The molecule has 27 heavy (non-hydrogen) atoms. The number of nitrogens with zero attached hydrogens (tertiary/aromatic N) is 1. The van der Waals surface area contributed by atoms with E-state index in [4.69, 9.17) is 4.74 Å². The van der Waals surface area contributed by atoms with Crippen molar-refractivity contribution in [2.75, 3.05) is 13.2 Å². The minimum Gasteiger partial charge on any atom is -0.466 e. The fraction of sp³-hybridized carbons (Fsp3) is 0.250. The number of amides is 1. The van der Waals surface area contributed by atoms with Crippen LogP contribution in [-0.4, -0.2) is 35.0 Å². The van der Waals surface area contributed by atoms with Crippen LogP contribution >= 0.6 is 11.8 Å². The average molecular weight is 383 g/mol. The molecule has 3 aromatic rings. The first-order valence-electron chi connectivity index (χ1n) is 8.76. The van der Waals surface area contributed by atoms with Crippen LogP contribution in [0.5, 0.6) is 0 Å². The lowest BCUT2D eigenvalue weighted by atomic mass is 10.1. The Kier molecular flexibility index (Phi) is 6.49. The molecule has 0 atom stereocenters. The Morgan fingerprint density at radius 1 is 1.15 bits per heavy atom. The van der Waals surface area contributed by atoms with Crippen molar-refractivity contribution >= 4 is 34.7 Å². The number of carbonyl (C=O) groups excluding carboxylic acids is 2. The summed E-state index contributed by atoms with van der Waals surface area (Å²) in [6.07, 6.45) is 0.172. The monoisotopic (exact) mass is 383 g/mol. The fourth-order valence-corrected chi connectivity index (χ4v) is 3.36. The van der Waals surface area contributed by atoms with Crippen molar-refractivity contribution in [2.45, 2.75) is 24.3 Å². The van der Waals surface area contributed by atoms with Crippen LogP contribution in [0.4, 0.5) is 0 Å². The predicted octanol–water partition coefficient (Wildman–Crippen LogP) is 3.54. The summed E-state index contributed by atoms with van der Waals surface area (Å²) < 4.78 is 4.83. The number of para-hydroxylation sites is 2. The molecule has 2 N–H and O–H groups in total. The number of hydrogen-bond acceptors (Lipinski definition) is 5. The molecule has 1 amide bonds. The second-order valence-corrected chi connectivity index (χ2v) is 6.82. The van der Waals surface area contributed by atoms with Crippen LogP contribution in [-0.2, 0) is 15.3 Å². The molecular formula is C20H21N3O3S.